The fourth-order valence-electron chi connectivity index (χ4n) is 4.03. The Morgan fingerprint density at radius 2 is 1.76 bits per heavy atom. The number of aromatic hydroxyl groups is 1. The molecule has 0 bridgehead atoms. The molecule has 3 aromatic rings. The lowest BCUT2D eigenvalue weighted by molar-refractivity contribution is -0.145. The molecular weight excluding hydrogens is 434 g/mol. The number of aliphatic hydroxyl groups is 1. The van der Waals surface area contributed by atoms with Crippen molar-refractivity contribution < 1.29 is 19.8 Å². The average molecular weight is 464 g/mol. The number of carbonyl (C=O) groups is 2. The van der Waals surface area contributed by atoms with Crippen molar-refractivity contribution in [1.29, 1.82) is 0 Å². The van der Waals surface area contributed by atoms with Crippen LogP contribution in [0.25, 0.3) is 22.3 Å². The van der Waals surface area contributed by atoms with E-state index < -0.39 is 12.0 Å². The largest absolute Gasteiger partial charge is 0.507 e. The SMILES string of the molecule is Cc1ccc2c(N3CCN(C(=O)C(O)CC(=O)N(C)C)CC3)nc(-c3ccccc3O)nc2c1. The second-order valence-electron chi connectivity index (χ2n) is 8.73. The van der Waals surface area contributed by atoms with Gasteiger partial charge in [-0.2, -0.15) is 0 Å². The average Bonchev–Trinajstić information content (AvgIpc) is 2.83. The van der Waals surface area contributed by atoms with Crippen LogP contribution >= 0.6 is 0 Å². The molecule has 2 amide bonds. The second-order valence-corrected chi connectivity index (χ2v) is 8.73. The van der Waals surface area contributed by atoms with Gasteiger partial charge in [-0.15, -0.1) is 0 Å². The van der Waals surface area contributed by atoms with E-state index in [4.69, 9.17) is 9.97 Å². The highest BCUT2D eigenvalue weighted by molar-refractivity contribution is 5.92. The predicted octanol–water partition coefficient (Wildman–Crippen LogP) is 1.80. The molecule has 0 radical (unpaired) electrons. The zero-order valence-electron chi connectivity index (χ0n) is 19.6. The third-order valence-corrected chi connectivity index (χ3v) is 6.02. The highest BCUT2D eigenvalue weighted by Gasteiger charge is 2.29. The summed E-state index contributed by atoms with van der Waals surface area (Å²) in [5.41, 5.74) is 2.39. The summed E-state index contributed by atoms with van der Waals surface area (Å²) in [6.45, 7) is 3.82. The molecule has 1 aliphatic rings. The van der Waals surface area contributed by atoms with Crippen LogP contribution in [-0.4, -0.2) is 88.2 Å². The van der Waals surface area contributed by atoms with E-state index in [1.54, 1.807) is 37.2 Å². The summed E-state index contributed by atoms with van der Waals surface area (Å²) < 4.78 is 0. The molecule has 0 spiro atoms. The van der Waals surface area contributed by atoms with Gasteiger partial charge in [-0.1, -0.05) is 18.2 Å². The molecule has 0 saturated carbocycles. The minimum atomic E-state index is -1.35. The number of rotatable bonds is 5. The number of fused-ring (bicyclic) bond motifs is 1. The number of phenols is 1. The van der Waals surface area contributed by atoms with Crippen molar-refractivity contribution in [2.45, 2.75) is 19.4 Å². The van der Waals surface area contributed by atoms with E-state index in [1.165, 1.54) is 4.90 Å². The Kier molecular flexibility index (Phi) is 6.65. The number of anilines is 1. The molecule has 9 nitrogen and oxygen atoms in total. The van der Waals surface area contributed by atoms with Crippen molar-refractivity contribution in [3.8, 4) is 17.1 Å². The predicted molar refractivity (Wildman–Crippen MR) is 129 cm³/mol. The lowest BCUT2D eigenvalue weighted by Crippen LogP contribution is -2.52. The van der Waals surface area contributed by atoms with Crippen LogP contribution in [0.4, 0.5) is 5.82 Å². The number of hydrogen-bond acceptors (Lipinski definition) is 7. The number of hydrogen-bond donors (Lipinski definition) is 2. The van der Waals surface area contributed by atoms with Gasteiger partial charge >= 0.3 is 0 Å². The molecule has 178 valence electrons. The van der Waals surface area contributed by atoms with Gasteiger partial charge in [0, 0.05) is 45.7 Å². The fraction of sp³-hybridized carbons (Fsp3) is 0.360. The first-order valence-electron chi connectivity index (χ1n) is 11.2. The number of nitrogens with zero attached hydrogens (tertiary/aromatic N) is 5. The van der Waals surface area contributed by atoms with Crippen LogP contribution in [0.15, 0.2) is 42.5 Å². The fourth-order valence-corrected chi connectivity index (χ4v) is 4.03. The number of para-hydroxylation sites is 1. The van der Waals surface area contributed by atoms with E-state index in [9.17, 15) is 19.8 Å². The lowest BCUT2D eigenvalue weighted by atomic mass is 10.1. The third kappa shape index (κ3) is 4.79. The highest BCUT2D eigenvalue weighted by Crippen LogP contribution is 2.32. The van der Waals surface area contributed by atoms with Crippen LogP contribution < -0.4 is 4.90 Å². The van der Waals surface area contributed by atoms with Crippen molar-refractivity contribution in [1.82, 2.24) is 19.8 Å². The number of carbonyl (C=O) groups excluding carboxylic acids is 2. The maximum Gasteiger partial charge on any atom is 0.252 e. The topological polar surface area (TPSA) is 110 Å². The van der Waals surface area contributed by atoms with Crippen LogP contribution in [0.3, 0.4) is 0 Å². The van der Waals surface area contributed by atoms with Gasteiger partial charge in [-0.3, -0.25) is 9.59 Å². The molecule has 9 heteroatoms. The zero-order valence-corrected chi connectivity index (χ0v) is 19.6. The molecule has 0 aliphatic carbocycles. The van der Waals surface area contributed by atoms with Gasteiger partial charge in [-0.25, -0.2) is 9.97 Å². The quantitative estimate of drug-likeness (QED) is 0.594. The van der Waals surface area contributed by atoms with Gasteiger partial charge in [0.15, 0.2) is 5.82 Å². The molecule has 1 saturated heterocycles. The molecule has 2 aromatic carbocycles. The van der Waals surface area contributed by atoms with E-state index in [0.717, 1.165) is 22.3 Å². The Balaban J connectivity index is 1.58. The maximum atomic E-state index is 12.7. The Bertz CT molecular complexity index is 1220. The number of aromatic nitrogens is 2. The van der Waals surface area contributed by atoms with E-state index in [-0.39, 0.29) is 18.1 Å². The third-order valence-electron chi connectivity index (χ3n) is 6.02. The first-order chi connectivity index (χ1) is 16.2. The van der Waals surface area contributed by atoms with Gasteiger partial charge in [-0.05, 0) is 36.8 Å². The first-order valence-corrected chi connectivity index (χ1v) is 11.2. The number of piperazine rings is 1. The van der Waals surface area contributed by atoms with Crippen molar-refractivity contribution in [3.63, 3.8) is 0 Å². The summed E-state index contributed by atoms with van der Waals surface area (Å²) in [5, 5.41) is 21.5. The molecule has 1 aromatic heterocycles. The number of phenolic OH excluding ortho intramolecular Hbond substituents is 1. The summed E-state index contributed by atoms with van der Waals surface area (Å²) in [6.07, 6.45) is -1.58. The van der Waals surface area contributed by atoms with Gasteiger partial charge < -0.3 is 24.9 Å². The highest BCUT2D eigenvalue weighted by atomic mass is 16.3. The lowest BCUT2D eigenvalue weighted by Gasteiger charge is -2.36. The zero-order chi connectivity index (χ0) is 24.4. The van der Waals surface area contributed by atoms with E-state index in [1.807, 2.05) is 31.2 Å². The molecule has 4 rings (SSSR count). The minimum Gasteiger partial charge on any atom is -0.507 e. The van der Waals surface area contributed by atoms with Crippen molar-refractivity contribution >= 4 is 28.5 Å². The molecule has 1 aliphatic heterocycles. The van der Waals surface area contributed by atoms with E-state index >= 15 is 0 Å². The Labute approximate surface area is 198 Å². The molecule has 1 atom stereocenters. The Morgan fingerprint density at radius 1 is 1.06 bits per heavy atom. The maximum absolute atomic E-state index is 12.7. The number of benzene rings is 2. The van der Waals surface area contributed by atoms with Crippen molar-refractivity contribution in [2.75, 3.05) is 45.2 Å². The number of amides is 2. The van der Waals surface area contributed by atoms with E-state index in [0.29, 0.717) is 37.6 Å². The van der Waals surface area contributed by atoms with Crippen LogP contribution in [0.1, 0.15) is 12.0 Å². The van der Waals surface area contributed by atoms with Crippen LogP contribution in [0.2, 0.25) is 0 Å². The second kappa shape index (κ2) is 9.64. The molecule has 2 heterocycles. The van der Waals surface area contributed by atoms with Gasteiger partial charge in [0.25, 0.3) is 5.91 Å². The summed E-state index contributed by atoms with van der Waals surface area (Å²) in [4.78, 5) is 39.0. The van der Waals surface area contributed by atoms with Gasteiger partial charge in [0.1, 0.15) is 17.7 Å². The normalized spacial score (nSPS) is 14.8. The standard InChI is InChI=1S/C25H29N5O4/c1-16-8-9-17-19(14-16)26-23(18-6-4-5-7-20(18)31)27-24(17)29-10-12-30(13-11-29)25(34)21(32)15-22(33)28(2)3/h4-9,14,21,31-32H,10-13,15H2,1-3H3. The summed E-state index contributed by atoms with van der Waals surface area (Å²) in [5.74, 6) is 0.546. The first kappa shape index (κ1) is 23.4. The number of aliphatic hydroxyl groups excluding tert-OH is 1. The van der Waals surface area contributed by atoms with E-state index in [2.05, 4.69) is 4.90 Å². The van der Waals surface area contributed by atoms with Gasteiger partial charge in [0.05, 0.1) is 17.5 Å². The minimum absolute atomic E-state index is 0.108. The molecule has 34 heavy (non-hydrogen) atoms. The van der Waals surface area contributed by atoms with Crippen molar-refractivity contribution in [2.24, 2.45) is 0 Å². The Hall–Kier alpha value is -3.72. The molecule has 1 unspecified atom stereocenters. The van der Waals surface area contributed by atoms with Gasteiger partial charge in [0.2, 0.25) is 5.91 Å². The Morgan fingerprint density at radius 3 is 2.44 bits per heavy atom. The molecular formula is C25H29N5O4. The summed E-state index contributed by atoms with van der Waals surface area (Å²) >= 11 is 0. The van der Waals surface area contributed by atoms with Crippen LogP contribution in [0.5, 0.6) is 5.75 Å². The number of aryl methyl sites for hydroxylation is 1. The van der Waals surface area contributed by atoms with Crippen LogP contribution in [0, 0.1) is 6.92 Å². The van der Waals surface area contributed by atoms with Crippen molar-refractivity contribution in [3.05, 3.63) is 48.0 Å². The summed E-state index contributed by atoms with van der Waals surface area (Å²) in [6, 6.07) is 13.0. The monoisotopic (exact) mass is 463 g/mol. The van der Waals surface area contributed by atoms with Crippen LogP contribution in [-0.2, 0) is 9.59 Å². The molecule has 2 N–H and O–H groups in total. The summed E-state index contributed by atoms with van der Waals surface area (Å²) in [7, 11) is 3.19. The molecule has 1 fully saturated rings. The smallest absolute Gasteiger partial charge is 0.252 e.